The van der Waals surface area contributed by atoms with Gasteiger partial charge in [-0.3, -0.25) is 9.59 Å². The number of nitrogens with one attached hydrogen (secondary N) is 1. The summed E-state index contributed by atoms with van der Waals surface area (Å²) in [5.74, 6) is 0.484. The fourth-order valence-corrected chi connectivity index (χ4v) is 6.15. The van der Waals surface area contributed by atoms with E-state index in [0.717, 1.165) is 36.1 Å². The van der Waals surface area contributed by atoms with Crippen LogP contribution in [0.2, 0.25) is 0 Å². The van der Waals surface area contributed by atoms with Crippen molar-refractivity contribution in [1.29, 1.82) is 0 Å². The second-order valence-electron chi connectivity index (χ2n) is 8.73. The predicted molar refractivity (Wildman–Crippen MR) is 133 cm³/mol. The summed E-state index contributed by atoms with van der Waals surface area (Å²) in [5, 5.41) is 5.10. The topological polar surface area (TPSA) is 67.9 Å². The number of carbonyl (C=O) groups is 2. The SMILES string of the molecule is COc1ccc(NC(=O)[C@@H]2c3ccccc3C(=O)N(C3CCCC3)[C@H]2c2cccs2)c(OC)c1. The maximum atomic E-state index is 14.0. The summed E-state index contributed by atoms with van der Waals surface area (Å²) in [7, 11) is 3.15. The molecule has 6 nitrogen and oxygen atoms in total. The number of thiophene rings is 1. The number of nitrogens with zero attached hydrogens (tertiary/aromatic N) is 1. The Hall–Kier alpha value is -3.32. The van der Waals surface area contributed by atoms with E-state index in [1.165, 1.54) is 0 Å². The van der Waals surface area contributed by atoms with Crippen LogP contribution in [0.25, 0.3) is 0 Å². The molecule has 34 heavy (non-hydrogen) atoms. The van der Waals surface area contributed by atoms with Crippen molar-refractivity contribution >= 4 is 28.8 Å². The van der Waals surface area contributed by atoms with E-state index >= 15 is 0 Å². The fourth-order valence-electron chi connectivity index (χ4n) is 5.29. The molecule has 1 N–H and O–H groups in total. The van der Waals surface area contributed by atoms with Gasteiger partial charge in [0.2, 0.25) is 5.91 Å². The summed E-state index contributed by atoms with van der Waals surface area (Å²) < 4.78 is 10.8. The van der Waals surface area contributed by atoms with Gasteiger partial charge >= 0.3 is 0 Å². The standard InChI is InChI=1S/C27H28N2O4S/c1-32-18-13-14-21(22(16-18)33-2)28-26(30)24-19-10-5-6-11-20(19)27(31)29(17-8-3-4-9-17)25(24)23-12-7-15-34-23/h5-7,10-17,24-25H,3-4,8-9H2,1-2H3,(H,28,30)/t24-,25+/m1/s1. The molecule has 0 bridgehead atoms. The summed E-state index contributed by atoms with van der Waals surface area (Å²) in [6.45, 7) is 0. The Morgan fingerprint density at radius 1 is 1.03 bits per heavy atom. The third kappa shape index (κ3) is 3.94. The second kappa shape index (κ2) is 9.50. The highest BCUT2D eigenvalue weighted by atomic mass is 32.1. The van der Waals surface area contributed by atoms with Crippen molar-refractivity contribution < 1.29 is 19.1 Å². The van der Waals surface area contributed by atoms with Crippen molar-refractivity contribution in [2.75, 3.05) is 19.5 Å². The first-order valence-corrected chi connectivity index (χ1v) is 12.5. The molecule has 0 spiro atoms. The van der Waals surface area contributed by atoms with Gasteiger partial charge in [0.15, 0.2) is 0 Å². The first-order chi connectivity index (χ1) is 16.6. The van der Waals surface area contributed by atoms with Crippen molar-refractivity contribution in [3.63, 3.8) is 0 Å². The van der Waals surface area contributed by atoms with Gasteiger partial charge in [-0.05, 0) is 48.1 Å². The Bertz CT molecular complexity index is 1190. The van der Waals surface area contributed by atoms with Crippen molar-refractivity contribution in [2.45, 2.75) is 43.7 Å². The van der Waals surface area contributed by atoms with Gasteiger partial charge < -0.3 is 19.7 Å². The Morgan fingerprint density at radius 3 is 2.53 bits per heavy atom. The minimum atomic E-state index is -0.542. The average Bonchev–Trinajstić information content (AvgIpc) is 3.59. The second-order valence-corrected chi connectivity index (χ2v) is 9.71. The predicted octanol–water partition coefficient (Wildman–Crippen LogP) is 5.63. The first kappa shape index (κ1) is 22.5. The molecular weight excluding hydrogens is 448 g/mol. The zero-order chi connectivity index (χ0) is 23.7. The van der Waals surface area contributed by atoms with Gasteiger partial charge in [0.05, 0.1) is 31.9 Å². The van der Waals surface area contributed by atoms with Crippen LogP contribution in [0.5, 0.6) is 11.5 Å². The van der Waals surface area contributed by atoms with E-state index in [2.05, 4.69) is 5.32 Å². The number of methoxy groups -OCH3 is 2. The lowest BCUT2D eigenvalue weighted by Gasteiger charge is -2.44. The van der Waals surface area contributed by atoms with Crippen LogP contribution in [0.4, 0.5) is 5.69 Å². The van der Waals surface area contributed by atoms with Crippen LogP contribution in [0.3, 0.4) is 0 Å². The highest BCUT2D eigenvalue weighted by molar-refractivity contribution is 7.10. The molecule has 1 aromatic heterocycles. The van der Waals surface area contributed by atoms with Gasteiger partial charge in [-0.1, -0.05) is 37.1 Å². The molecule has 1 aliphatic heterocycles. The normalized spacial score (nSPS) is 20.2. The number of amides is 2. The monoisotopic (exact) mass is 476 g/mol. The van der Waals surface area contributed by atoms with E-state index in [9.17, 15) is 9.59 Å². The minimum absolute atomic E-state index is 0.0204. The van der Waals surface area contributed by atoms with E-state index in [0.29, 0.717) is 22.7 Å². The van der Waals surface area contributed by atoms with Gasteiger partial charge in [-0.2, -0.15) is 0 Å². The molecular formula is C27H28N2O4S. The van der Waals surface area contributed by atoms with Crippen LogP contribution in [0.1, 0.15) is 58.4 Å². The third-order valence-corrected chi connectivity index (χ3v) is 7.82. The Morgan fingerprint density at radius 2 is 1.82 bits per heavy atom. The highest BCUT2D eigenvalue weighted by Crippen LogP contribution is 2.47. The number of rotatable bonds is 6. The lowest BCUT2D eigenvalue weighted by molar-refractivity contribution is -0.119. The summed E-state index contributed by atoms with van der Waals surface area (Å²) >= 11 is 1.59. The highest BCUT2D eigenvalue weighted by Gasteiger charge is 2.47. The van der Waals surface area contributed by atoms with E-state index in [1.54, 1.807) is 43.8 Å². The maximum absolute atomic E-state index is 14.0. The summed E-state index contributed by atoms with van der Waals surface area (Å²) in [6, 6.07) is 16.7. The molecule has 2 aliphatic rings. The number of benzene rings is 2. The molecule has 3 aromatic rings. The van der Waals surface area contributed by atoms with E-state index in [-0.39, 0.29) is 23.9 Å². The molecule has 2 atom stereocenters. The van der Waals surface area contributed by atoms with Crippen LogP contribution in [0, 0.1) is 0 Å². The van der Waals surface area contributed by atoms with Crippen molar-refractivity contribution in [2.24, 2.45) is 0 Å². The van der Waals surface area contributed by atoms with Crippen molar-refractivity contribution in [1.82, 2.24) is 4.90 Å². The number of fused-ring (bicyclic) bond motifs is 1. The molecule has 1 aliphatic carbocycles. The molecule has 176 valence electrons. The number of hydrogen-bond acceptors (Lipinski definition) is 5. The van der Waals surface area contributed by atoms with E-state index in [4.69, 9.17) is 9.47 Å². The molecule has 1 fully saturated rings. The van der Waals surface area contributed by atoms with Crippen LogP contribution in [0.15, 0.2) is 60.0 Å². The molecule has 1 saturated carbocycles. The zero-order valence-corrected chi connectivity index (χ0v) is 20.1. The van der Waals surface area contributed by atoms with Gasteiger partial charge in [-0.15, -0.1) is 11.3 Å². The fraction of sp³-hybridized carbons (Fsp3) is 0.333. The minimum Gasteiger partial charge on any atom is -0.497 e. The maximum Gasteiger partial charge on any atom is 0.254 e. The van der Waals surface area contributed by atoms with Crippen LogP contribution in [-0.2, 0) is 4.79 Å². The molecule has 0 radical (unpaired) electrons. The molecule has 0 unspecified atom stereocenters. The Balaban J connectivity index is 1.60. The van der Waals surface area contributed by atoms with Gasteiger partial charge in [-0.25, -0.2) is 0 Å². The quantitative estimate of drug-likeness (QED) is 0.501. The summed E-state index contributed by atoms with van der Waals surface area (Å²) in [5.41, 5.74) is 1.95. The van der Waals surface area contributed by atoms with Gasteiger partial charge in [0.25, 0.3) is 5.91 Å². The number of anilines is 1. The Kier molecular flexibility index (Phi) is 6.28. The largest absolute Gasteiger partial charge is 0.497 e. The van der Waals surface area contributed by atoms with E-state index in [1.807, 2.05) is 46.7 Å². The number of ether oxygens (including phenoxy) is 2. The first-order valence-electron chi connectivity index (χ1n) is 11.6. The van der Waals surface area contributed by atoms with Crippen molar-refractivity contribution in [3.8, 4) is 11.5 Å². The molecule has 2 amide bonds. The van der Waals surface area contributed by atoms with E-state index < -0.39 is 5.92 Å². The van der Waals surface area contributed by atoms with Gasteiger partial charge in [0, 0.05) is 22.5 Å². The number of carbonyl (C=O) groups excluding carboxylic acids is 2. The molecule has 0 saturated heterocycles. The lowest BCUT2D eigenvalue weighted by Crippen LogP contribution is -2.49. The molecule has 2 heterocycles. The summed E-state index contributed by atoms with van der Waals surface area (Å²) in [6.07, 6.45) is 4.15. The van der Waals surface area contributed by atoms with Crippen LogP contribution < -0.4 is 14.8 Å². The molecule has 7 heteroatoms. The van der Waals surface area contributed by atoms with Crippen LogP contribution in [-0.4, -0.2) is 37.0 Å². The van der Waals surface area contributed by atoms with Crippen LogP contribution >= 0.6 is 11.3 Å². The average molecular weight is 477 g/mol. The third-order valence-electron chi connectivity index (χ3n) is 6.88. The zero-order valence-electron chi connectivity index (χ0n) is 19.3. The molecule has 2 aromatic carbocycles. The number of hydrogen-bond donors (Lipinski definition) is 1. The van der Waals surface area contributed by atoms with Crippen molar-refractivity contribution in [3.05, 3.63) is 76.0 Å². The Labute approximate surface area is 203 Å². The van der Waals surface area contributed by atoms with Gasteiger partial charge in [0.1, 0.15) is 11.5 Å². The smallest absolute Gasteiger partial charge is 0.254 e. The molecule has 5 rings (SSSR count). The lowest BCUT2D eigenvalue weighted by atomic mass is 9.80. The summed E-state index contributed by atoms with van der Waals surface area (Å²) in [4.78, 5) is 30.8.